The second-order valence-corrected chi connectivity index (χ2v) is 8.19. The number of hydrogen-bond donors (Lipinski definition) is 1. The van der Waals surface area contributed by atoms with E-state index in [9.17, 15) is 4.79 Å². The summed E-state index contributed by atoms with van der Waals surface area (Å²) in [4.78, 5) is 32.4. The van der Waals surface area contributed by atoms with Gasteiger partial charge in [-0.2, -0.15) is 0 Å². The summed E-state index contributed by atoms with van der Waals surface area (Å²) in [7, 11) is 0. The van der Waals surface area contributed by atoms with Gasteiger partial charge in [0, 0.05) is 64.6 Å². The van der Waals surface area contributed by atoms with Crippen molar-refractivity contribution < 1.29 is 4.79 Å². The van der Waals surface area contributed by atoms with Crippen molar-refractivity contribution in [2.45, 2.75) is 19.8 Å². The van der Waals surface area contributed by atoms with E-state index in [1.54, 1.807) is 12.4 Å². The quantitative estimate of drug-likeness (QED) is 0.541. The molecule has 0 spiro atoms. The van der Waals surface area contributed by atoms with Crippen LogP contribution >= 0.6 is 0 Å². The Hall–Kier alpha value is -3.42. The van der Waals surface area contributed by atoms with Crippen molar-refractivity contribution in [1.29, 1.82) is 0 Å². The Bertz CT molecular complexity index is 953. The Balaban J connectivity index is 1.26. The largest absolute Gasteiger partial charge is 0.357 e. The second kappa shape index (κ2) is 11.4. The van der Waals surface area contributed by atoms with Crippen molar-refractivity contribution in [3.63, 3.8) is 0 Å². The maximum absolute atomic E-state index is 12.7. The molecule has 0 aliphatic carbocycles. The standard InChI is InChI=1S/C25H33N7O/c1-2-26-24(31-15-10-22(11-16-31)21-7-4-3-5-8-21)29-14-9-23(33)30-17-19-32(20-18-30)25-27-12-6-13-28-25/h3-8,10,12-13H,2,9,11,14-20H2,1H3,(H,26,29). The number of rotatable bonds is 6. The summed E-state index contributed by atoms with van der Waals surface area (Å²) in [6.45, 7) is 8.03. The summed E-state index contributed by atoms with van der Waals surface area (Å²) in [5.74, 6) is 1.78. The van der Waals surface area contributed by atoms with Crippen LogP contribution in [0, 0.1) is 0 Å². The van der Waals surface area contributed by atoms with Crippen molar-refractivity contribution in [2.24, 2.45) is 4.99 Å². The van der Waals surface area contributed by atoms with Crippen LogP contribution in [0.1, 0.15) is 25.3 Å². The Morgan fingerprint density at radius 3 is 2.42 bits per heavy atom. The van der Waals surface area contributed by atoms with Crippen LogP contribution in [0.15, 0.2) is 59.9 Å². The van der Waals surface area contributed by atoms with Crippen molar-refractivity contribution >= 4 is 23.4 Å². The maximum Gasteiger partial charge on any atom is 0.225 e. The Morgan fingerprint density at radius 2 is 1.76 bits per heavy atom. The smallest absolute Gasteiger partial charge is 0.225 e. The first-order chi connectivity index (χ1) is 16.2. The summed E-state index contributed by atoms with van der Waals surface area (Å²) in [6, 6.07) is 12.4. The predicted molar refractivity (Wildman–Crippen MR) is 132 cm³/mol. The number of benzene rings is 1. The van der Waals surface area contributed by atoms with Crippen LogP contribution in [0.4, 0.5) is 5.95 Å². The van der Waals surface area contributed by atoms with Crippen LogP contribution in [0.2, 0.25) is 0 Å². The molecule has 8 heteroatoms. The topological polar surface area (TPSA) is 77.0 Å². The third-order valence-electron chi connectivity index (χ3n) is 6.04. The Morgan fingerprint density at radius 1 is 1.00 bits per heavy atom. The first-order valence-electron chi connectivity index (χ1n) is 11.8. The molecule has 174 valence electrons. The minimum Gasteiger partial charge on any atom is -0.357 e. The highest BCUT2D eigenvalue weighted by molar-refractivity contribution is 5.82. The monoisotopic (exact) mass is 447 g/mol. The fourth-order valence-corrected chi connectivity index (χ4v) is 4.23. The molecular weight excluding hydrogens is 414 g/mol. The van der Waals surface area contributed by atoms with Gasteiger partial charge in [-0.15, -0.1) is 0 Å². The number of aliphatic imine (C=N–C) groups is 1. The van der Waals surface area contributed by atoms with Gasteiger partial charge in [-0.05, 0) is 30.5 Å². The lowest BCUT2D eigenvalue weighted by Crippen LogP contribution is -2.49. The fraction of sp³-hybridized carbons (Fsp3) is 0.440. The van der Waals surface area contributed by atoms with Gasteiger partial charge in [0.2, 0.25) is 11.9 Å². The minimum atomic E-state index is 0.160. The first-order valence-corrected chi connectivity index (χ1v) is 11.8. The van der Waals surface area contributed by atoms with Crippen molar-refractivity contribution in [3.8, 4) is 0 Å². The number of carbonyl (C=O) groups excluding carboxylic acids is 1. The molecule has 1 aromatic carbocycles. The first kappa shape index (κ1) is 22.8. The van der Waals surface area contributed by atoms with Gasteiger partial charge in [-0.3, -0.25) is 9.79 Å². The number of guanidine groups is 1. The summed E-state index contributed by atoms with van der Waals surface area (Å²) in [5.41, 5.74) is 2.68. The minimum absolute atomic E-state index is 0.160. The van der Waals surface area contributed by atoms with Crippen LogP contribution in [0.3, 0.4) is 0 Å². The van der Waals surface area contributed by atoms with Crippen LogP contribution in [0.5, 0.6) is 0 Å². The second-order valence-electron chi connectivity index (χ2n) is 8.19. The molecular formula is C25H33N7O. The molecule has 2 aromatic rings. The lowest BCUT2D eigenvalue weighted by atomic mass is 10.00. The molecule has 2 aliphatic heterocycles. The molecule has 1 amide bonds. The third kappa shape index (κ3) is 6.09. The molecule has 8 nitrogen and oxygen atoms in total. The highest BCUT2D eigenvalue weighted by atomic mass is 16.2. The molecule has 1 fully saturated rings. The highest BCUT2D eigenvalue weighted by Gasteiger charge is 2.22. The molecule has 1 aromatic heterocycles. The molecule has 4 rings (SSSR count). The molecule has 2 aliphatic rings. The number of piperazine rings is 1. The summed E-state index contributed by atoms with van der Waals surface area (Å²) >= 11 is 0. The summed E-state index contributed by atoms with van der Waals surface area (Å²) in [6.07, 6.45) is 7.20. The Kier molecular flexibility index (Phi) is 7.90. The average molecular weight is 448 g/mol. The van der Waals surface area contributed by atoms with Crippen LogP contribution in [-0.4, -0.2) is 84.0 Å². The molecule has 1 N–H and O–H groups in total. The zero-order valence-corrected chi connectivity index (χ0v) is 19.4. The van der Waals surface area contributed by atoms with Crippen LogP contribution in [0.25, 0.3) is 5.57 Å². The van der Waals surface area contributed by atoms with E-state index in [0.717, 1.165) is 51.1 Å². The zero-order valence-electron chi connectivity index (χ0n) is 19.4. The zero-order chi connectivity index (χ0) is 22.9. The van der Waals surface area contributed by atoms with E-state index in [1.165, 1.54) is 11.1 Å². The van der Waals surface area contributed by atoms with E-state index < -0.39 is 0 Å². The van der Waals surface area contributed by atoms with E-state index in [1.807, 2.05) is 17.0 Å². The molecule has 0 unspecified atom stereocenters. The van der Waals surface area contributed by atoms with Gasteiger partial charge in [0.15, 0.2) is 5.96 Å². The van der Waals surface area contributed by atoms with Gasteiger partial charge in [0.25, 0.3) is 0 Å². The van der Waals surface area contributed by atoms with Crippen molar-refractivity contribution in [2.75, 3.05) is 57.3 Å². The Labute approximate surface area is 196 Å². The van der Waals surface area contributed by atoms with E-state index >= 15 is 0 Å². The van der Waals surface area contributed by atoms with Crippen LogP contribution in [-0.2, 0) is 4.79 Å². The molecule has 0 atom stereocenters. The number of nitrogens with one attached hydrogen (secondary N) is 1. The van der Waals surface area contributed by atoms with Crippen molar-refractivity contribution in [3.05, 3.63) is 60.4 Å². The van der Waals surface area contributed by atoms with E-state index in [2.05, 4.69) is 62.3 Å². The molecule has 0 saturated carbocycles. The molecule has 3 heterocycles. The number of aromatic nitrogens is 2. The molecule has 0 radical (unpaired) electrons. The average Bonchev–Trinajstić information content (AvgIpc) is 2.89. The molecule has 0 bridgehead atoms. The van der Waals surface area contributed by atoms with Gasteiger partial charge in [0.1, 0.15) is 0 Å². The lowest BCUT2D eigenvalue weighted by molar-refractivity contribution is -0.131. The van der Waals surface area contributed by atoms with Gasteiger partial charge < -0.3 is 20.0 Å². The molecule has 33 heavy (non-hydrogen) atoms. The third-order valence-corrected chi connectivity index (χ3v) is 6.04. The fourth-order valence-electron chi connectivity index (χ4n) is 4.23. The van der Waals surface area contributed by atoms with E-state index in [4.69, 9.17) is 4.99 Å². The number of hydrogen-bond acceptors (Lipinski definition) is 5. The van der Waals surface area contributed by atoms with E-state index in [-0.39, 0.29) is 5.91 Å². The SMILES string of the molecule is CCNC(=NCCC(=O)N1CCN(c2ncccn2)CC1)N1CC=C(c2ccccc2)CC1. The van der Waals surface area contributed by atoms with E-state index in [0.29, 0.717) is 26.1 Å². The number of nitrogens with zero attached hydrogens (tertiary/aromatic N) is 6. The number of amides is 1. The highest BCUT2D eigenvalue weighted by Crippen LogP contribution is 2.22. The van der Waals surface area contributed by atoms with Gasteiger partial charge in [-0.1, -0.05) is 36.4 Å². The molecule has 1 saturated heterocycles. The lowest BCUT2D eigenvalue weighted by Gasteiger charge is -2.34. The normalized spacial score (nSPS) is 17.1. The van der Waals surface area contributed by atoms with Gasteiger partial charge in [-0.25, -0.2) is 9.97 Å². The summed E-state index contributed by atoms with van der Waals surface area (Å²) in [5, 5.41) is 3.39. The number of anilines is 1. The van der Waals surface area contributed by atoms with Gasteiger partial charge in [0.05, 0.1) is 6.54 Å². The van der Waals surface area contributed by atoms with Crippen LogP contribution < -0.4 is 10.2 Å². The maximum atomic E-state index is 12.7. The van der Waals surface area contributed by atoms with Crippen molar-refractivity contribution in [1.82, 2.24) is 25.1 Å². The predicted octanol–water partition coefficient (Wildman–Crippen LogP) is 2.27. The summed E-state index contributed by atoms with van der Waals surface area (Å²) < 4.78 is 0. The van der Waals surface area contributed by atoms with Gasteiger partial charge >= 0.3 is 0 Å². The number of carbonyl (C=O) groups is 1.